The molecule has 1 fully saturated rings. The third kappa shape index (κ3) is 3.50. The number of halogens is 2. The number of anilines is 1. The van der Waals surface area contributed by atoms with Gasteiger partial charge in [0.1, 0.15) is 0 Å². The Bertz CT molecular complexity index is 431. The van der Waals surface area contributed by atoms with Gasteiger partial charge in [0.25, 0.3) is 0 Å². The van der Waals surface area contributed by atoms with Crippen LogP contribution in [0.5, 0.6) is 0 Å². The molecule has 5 heteroatoms. The summed E-state index contributed by atoms with van der Waals surface area (Å²) < 4.78 is 25.7. The summed E-state index contributed by atoms with van der Waals surface area (Å²) in [6, 6.07) is 3.53. The highest BCUT2D eigenvalue weighted by atomic mass is 19.2. The summed E-state index contributed by atoms with van der Waals surface area (Å²) in [6.07, 6.45) is 3.60. The molecular formula is C13H16F2N2O. The summed E-state index contributed by atoms with van der Waals surface area (Å²) in [6.45, 7) is 0.934. The first-order valence-corrected chi connectivity index (χ1v) is 6.13. The molecule has 18 heavy (non-hydrogen) atoms. The van der Waals surface area contributed by atoms with E-state index >= 15 is 0 Å². The molecule has 0 aromatic heterocycles. The smallest absolute Gasteiger partial charge is 0.225 e. The predicted molar refractivity (Wildman–Crippen MR) is 65.2 cm³/mol. The summed E-state index contributed by atoms with van der Waals surface area (Å²) in [5, 5.41) is 5.83. The summed E-state index contributed by atoms with van der Waals surface area (Å²) in [5.41, 5.74) is 0.287. The third-order valence-corrected chi connectivity index (χ3v) is 3.05. The maximum Gasteiger partial charge on any atom is 0.225 e. The van der Waals surface area contributed by atoms with Crippen molar-refractivity contribution in [1.29, 1.82) is 0 Å². The summed E-state index contributed by atoms with van der Waals surface area (Å²) in [5.74, 6) is -2.05. The first-order valence-electron chi connectivity index (χ1n) is 6.13. The second kappa shape index (κ2) is 5.91. The van der Waals surface area contributed by atoms with Crippen molar-refractivity contribution in [2.75, 3.05) is 11.9 Å². The normalized spacial score (nSPS) is 19.6. The van der Waals surface area contributed by atoms with Gasteiger partial charge in [-0.15, -0.1) is 0 Å². The Balaban J connectivity index is 1.88. The number of carbonyl (C=O) groups is 1. The molecule has 3 nitrogen and oxygen atoms in total. The van der Waals surface area contributed by atoms with Crippen molar-refractivity contribution in [2.24, 2.45) is 0 Å². The molecular weight excluding hydrogens is 238 g/mol. The van der Waals surface area contributed by atoms with Crippen LogP contribution in [-0.2, 0) is 4.79 Å². The predicted octanol–water partition coefficient (Wildman–Crippen LogP) is 2.44. The van der Waals surface area contributed by atoms with Crippen molar-refractivity contribution >= 4 is 11.6 Å². The van der Waals surface area contributed by atoms with Crippen LogP contribution in [0.4, 0.5) is 14.5 Å². The summed E-state index contributed by atoms with van der Waals surface area (Å²) >= 11 is 0. The quantitative estimate of drug-likeness (QED) is 0.869. The van der Waals surface area contributed by atoms with Crippen LogP contribution in [-0.4, -0.2) is 18.5 Å². The van der Waals surface area contributed by atoms with E-state index in [1.54, 1.807) is 0 Å². The van der Waals surface area contributed by atoms with Crippen molar-refractivity contribution in [3.63, 3.8) is 0 Å². The first-order chi connectivity index (χ1) is 8.65. The molecule has 0 spiro atoms. The highest BCUT2D eigenvalue weighted by molar-refractivity contribution is 5.91. The molecule has 1 aliphatic heterocycles. The van der Waals surface area contributed by atoms with E-state index in [0.29, 0.717) is 6.42 Å². The maximum absolute atomic E-state index is 12.9. The van der Waals surface area contributed by atoms with Gasteiger partial charge < -0.3 is 10.6 Å². The van der Waals surface area contributed by atoms with Crippen LogP contribution in [0.25, 0.3) is 0 Å². The van der Waals surface area contributed by atoms with Gasteiger partial charge >= 0.3 is 0 Å². The number of hydrogen-bond donors (Lipinski definition) is 2. The number of carbonyl (C=O) groups excluding carboxylic acids is 1. The minimum atomic E-state index is -0.955. The van der Waals surface area contributed by atoms with Gasteiger partial charge in [0.15, 0.2) is 11.6 Å². The van der Waals surface area contributed by atoms with E-state index in [1.807, 2.05) is 0 Å². The van der Waals surface area contributed by atoms with Crippen LogP contribution in [0.1, 0.15) is 25.7 Å². The topological polar surface area (TPSA) is 41.1 Å². The Morgan fingerprint density at radius 3 is 2.83 bits per heavy atom. The Hall–Kier alpha value is -1.49. The van der Waals surface area contributed by atoms with Gasteiger partial charge in [-0.2, -0.15) is 0 Å². The molecule has 1 amide bonds. The average Bonchev–Trinajstić information content (AvgIpc) is 2.35. The highest BCUT2D eigenvalue weighted by Crippen LogP contribution is 2.15. The molecule has 1 aromatic carbocycles. The molecule has 2 rings (SSSR count). The fraction of sp³-hybridized carbons (Fsp3) is 0.462. The molecule has 1 atom stereocenters. The molecule has 2 N–H and O–H groups in total. The lowest BCUT2D eigenvalue weighted by Gasteiger charge is -2.22. The minimum Gasteiger partial charge on any atom is -0.326 e. The Morgan fingerprint density at radius 2 is 2.17 bits per heavy atom. The molecule has 0 aliphatic carbocycles. The Morgan fingerprint density at radius 1 is 1.33 bits per heavy atom. The van der Waals surface area contributed by atoms with E-state index in [0.717, 1.165) is 37.9 Å². The van der Waals surface area contributed by atoms with E-state index in [4.69, 9.17) is 0 Å². The zero-order valence-corrected chi connectivity index (χ0v) is 10.0. The minimum absolute atomic E-state index is 0.180. The van der Waals surface area contributed by atoms with Crippen LogP contribution in [0, 0.1) is 11.6 Å². The first kappa shape index (κ1) is 13.0. The molecule has 1 saturated heterocycles. The average molecular weight is 254 g/mol. The van der Waals surface area contributed by atoms with E-state index < -0.39 is 11.6 Å². The van der Waals surface area contributed by atoms with Gasteiger partial charge in [-0.1, -0.05) is 6.42 Å². The lowest BCUT2D eigenvalue weighted by atomic mass is 10.0. The zero-order chi connectivity index (χ0) is 13.0. The third-order valence-electron chi connectivity index (χ3n) is 3.05. The van der Waals surface area contributed by atoms with Gasteiger partial charge in [0, 0.05) is 24.2 Å². The molecule has 98 valence electrons. The monoisotopic (exact) mass is 254 g/mol. The number of piperidine rings is 1. The Kier molecular flexibility index (Phi) is 4.25. The van der Waals surface area contributed by atoms with Gasteiger partial charge in [0.05, 0.1) is 0 Å². The molecule has 1 heterocycles. The zero-order valence-electron chi connectivity index (χ0n) is 10.0. The van der Waals surface area contributed by atoms with Crippen LogP contribution in [0.15, 0.2) is 18.2 Å². The van der Waals surface area contributed by atoms with Crippen molar-refractivity contribution in [3.05, 3.63) is 29.8 Å². The van der Waals surface area contributed by atoms with E-state index in [1.165, 1.54) is 6.07 Å². The second-order valence-corrected chi connectivity index (χ2v) is 4.53. The van der Waals surface area contributed by atoms with E-state index in [2.05, 4.69) is 10.6 Å². The fourth-order valence-corrected chi connectivity index (χ4v) is 2.11. The molecule has 0 saturated carbocycles. The number of amides is 1. The van der Waals surface area contributed by atoms with E-state index in [-0.39, 0.29) is 17.6 Å². The van der Waals surface area contributed by atoms with Gasteiger partial charge in [-0.25, -0.2) is 8.78 Å². The summed E-state index contributed by atoms with van der Waals surface area (Å²) in [7, 11) is 0. The lowest BCUT2D eigenvalue weighted by molar-refractivity contribution is -0.116. The molecule has 0 bridgehead atoms. The van der Waals surface area contributed by atoms with Gasteiger partial charge in [0.2, 0.25) is 5.91 Å². The van der Waals surface area contributed by atoms with Crippen LogP contribution >= 0.6 is 0 Å². The lowest BCUT2D eigenvalue weighted by Crippen LogP contribution is -2.36. The number of hydrogen-bond acceptors (Lipinski definition) is 2. The number of benzene rings is 1. The summed E-state index contributed by atoms with van der Waals surface area (Å²) in [4.78, 5) is 11.7. The Labute approximate surface area is 105 Å². The fourth-order valence-electron chi connectivity index (χ4n) is 2.11. The van der Waals surface area contributed by atoms with Crippen molar-refractivity contribution in [3.8, 4) is 0 Å². The second-order valence-electron chi connectivity index (χ2n) is 4.53. The maximum atomic E-state index is 12.9. The van der Waals surface area contributed by atoms with Gasteiger partial charge in [-0.05, 0) is 31.5 Å². The standard InChI is InChI=1S/C13H16F2N2O/c14-11-5-4-10(7-12(11)15)17-13(18)8-9-3-1-2-6-16-9/h4-5,7,9,16H,1-3,6,8H2,(H,17,18). The van der Waals surface area contributed by atoms with Crippen LogP contribution in [0.2, 0.25) is 0 Å². The molecule has 1 aliphatic rings. The van der Waals surface area contributed by atoms with Gasteiger partial charge in [-0.3, -0.25) is 4.79 Å². The van der Waals surface area contributed by atoms with Crippen LogP contribution in [0.3, 0.4) is 0 Å². The molecule has 1 unspecified atom stereocenters. The van der Waals surface area contributed by atoms with Crippen molar-refractivity contribution in [2.45, 2.75) is 31.7 Å². The van der Waals surface area contributed by atoms with Crippen molar-refractivity contribution < 1.29 is 13.6 Å². The van der Waals surface area contributed by atoms with E-state index in [9.17, 15) is 13.6 Å². The SMILES string of the molecule is O=C(CC1CCCCN1)Nc1ccc(F)c(F)c1. The molecule has 1 aromatic rings. The number of rotatable bonds is 3. The largest absolute Gasteiger partial charge is 0.326 e. The molecule has 0 radical (unpaired) electrons. The highest BCUT2D eigenvalue weighted by Gasteiger charge is 2.16. The van der Waals surface area contributed by atoms with Crippen molar-refractivity contribution in [1.82, 2.24) is 5.32 Å². The van der Waals surface area contributed by atoms with Crippen LogP contribution < -0.4 is 10.6 Å². The number of nitrogens with one attached hydrogen (secondary N) is 2.